The first-order chi connectivity index (χ1) is 19.4. The lowest BCUT2D eigenvalue weighted by Gasteiger charge is -2.15. The van der Waals surface area contributed by atoms with Crippen molar-refractivity contribution in [3.8, 4) is 17.1 Å². The van der Waals surface area contributed by atoms with E-state index >= 15 is 0 Å². The minimum Gasteiger partial charge on any atom is -0.471 e. The van der Waals surface area contributed by atoms with E-state index in [0.29, 0.717) is 0 Å². The number of para-hydroxylation sites is 1. The molecule has 10 nitrogen and oxygen atoms in total. The van der Waals surface area contributed by atoms with Crippen LogP contribution in [0.25, 0.3) is 22.3 Å². The first-order valence-corrected chi connectivity index (χ1v) is 12.3. The molecule has 0 saturated heterocycles. The average molecular weight is 589 g/mol. The van der Waals surface area contributed by atoms with Crippen LogP contribution in [0, 0.1) is 10.1 Å². The predicted molar refractivity (Wildman–Crippen MR) is 144 cm³/mol. The van der Waals surface area contributed by atoms with Crippen LogP contribution in [0.4, 0.5) is 18.9 Å². The summed E-state index contributed by atoms with van der Waals surface area (Å²) < 4.78 is 51.2. The Morgan fingerprint density at radius 2 is 1.93 bits per heavy atom. The lowest BCUT2D eigenvalue weighted by molar-refractivity contribution is -0.386. The van der Waals surface area contributed by atoms with Crippen molar-refractivity contribution in [1.29, 1.82) is 0 Å². The molecule has 0 aliphatic heterocycles. The Labute approximate surface area is 234 Å². The molecule has 14 heteroatoms. The third-order valence-corrected chi connectivity index (χ3v) is 5.96. The molecule has 0 bridgehead atoms. The number of rotatable bonds is 8. The molecule has 0 radical (unpaired) electrons. The number of esters is 1. The molecule has 1 atom stereocenters. The molecule has 4 aromatic rings. The third kappa shape index (κ3) is 6.35. The van der Waals surface area contributed by atoms with Gasteiger partial charge in [0.1, 0.15) is 0 Å². The van der Waals surface area contributed by atoms with Crippen molar-refractivity contribution in [2.75, 3.05) is 6.61 Å². The number of hydrogen-bond donors (Lipinski definition) is 0. The number of benzene rings is 3. The molecule has 0 aliphatic carbocycles. The van der Waals surface area contributed by atoms with E-state index in [1.165, 1.54) is 37.3 Å². The van der Waals surface area contributed by atoms with Crippen molar-refractivity contribution in [2.24, 2.45) is 5.10 Å². The molecule has 0 unspecified atom stereocenters. The van der Waals surface area contributed by atoms with E-state index in [1.807, 2.05) is 0 Å². The van der Waals surface area contributed by atoms with E-state index in [4.69, 9.17) is 21.1 Å². The molecular formula is C27H20ClF3N4O6. The number of alkyl halides is 3. The molecule has 41 heavy (non-hydrogen) atoms. The molecule has 1 aromatic heterocycles. The summed E-state index contributed by atoms with van der Waals surface area (Å²) in [6.07, 6.45) is -4.79. The number of aromatic nitrogens is 2. The summed E-state index contributed by atoms with van der Waals surface area (Å²) in [5.74, 6) is -1.34. The number of nitrogens with zero attached hydrogens (tertiary/aromatic N) is 4. The number of nitro benzene ring substituents is 1. The Morgan fingerprint density at radius 1 is 1.20 bits per heavy atom. The van der Waals surface area contributed by atoms with Gasteiger partial charge in [0, 0.05) is 17.2 Å². The van der Waals surface area contributed by atoms with Crippen molar-refractivity contribution >= 4 is 40.4 Å². The minimum absolute atomic E-state index is 0.0412. The van der Waals surface area contributed by atoms with E-state index < -0.39 is 40.0 Å². The molecule has 0 N–H and O–H groups in total. The number of carbonyl (C=O) groups is 1. The first-order valence-electron chi connectivity index (χ1n) is 12.0. The number of hydrogen-bond acceptors (Lipinski definition) is 8. The smallest absolute Gasteiger partial charge is 0.416 e. The normalized spacial score (nSPS) is 12.4. The summed E-state index contributed by atoms with van der Waals surface area (Å²) >= 11 is 6.25. The summed E-state index contributed by atoms with van der Waals surface area (Å²) in [4.78, 5) is 40.6. The third-order valence-electron chi connectivity index (χ3n) is 5.68. The van der Waals surface area contributed by atoms with Gasteiger partial charge in [0.2, 0.25) is 5.75 Å². The fourth-order valence-electron chi connectivity index (χ4n) is 3.79. The van der Waals surface area contributed by atoms with Gasteiger partial charge < -0.3 is 9.47 Å². The van der Waals surface area contributed by atoms with Crippen LogP contribution in [0.1, 0.15) is 25.0 Å². The van der Waals surface area contributed by atoms with Crippen molar-refractivity contribution in [3.63, 3.8) is 0 Å². The SMILES string of the molecule is CCOC(=O)[C@@H](C)Oc1c(Cl)cc(C=Nn2c(-c3cccc(C(F)(F)F)c3)nc3ccccc3c2=O)cc1[N+](=O)[O-]. The van der Waals surface area contributed by atoms with Crippen LogP contribution in [-0.4, -0.2) is 39.5 Å². The zero-order valence-corrected chi connectivity index (χ0v) is 22.1. The Morgan fingerprint density at radius 3 is 2.61 bits per heavy atom. The fourth-order valence-corrected chi connectivity index (χ4v) is 4.05. The maximum atomic E-state index is 13.4. The van der Waals surface area contributed by atoms with Gasteiger partial charge in [-0.25, -0.2) is 9.78 Å². The van der Waals surface area contributed by atoms with Gasteiger partial charge in [-0.2, -0.15) is 22.9 Å². The molecule has 4 rings (SSSR count). The number of halogens is 4. The predicted octanol–water partition coefficient (Wildman–Crippen LogP) is 5.86. The van der Waals surface area contributed by atoms with Gasteiger partial charge >= 0.3 is 17.8 Å². The molecule has 1 heterocycles. The molecule has 0 aliphatic rings. The summed E-state index contributed by atoms with van der Waals surface area (Å²) in [6, 6.07) is 12.7. The second-order valence-corrected chi connectivity index (χ2v) is 8.92. The molecule has 3 aromatic carbocycles. The maximum absolute atomic E-state index is 13.4. The standard InChI is InChI=1S/C27H20ClF3N4O6/c1-3-40-26(37)15(2)41-23-20(28)11-16(12-22(23)35(38)39)14-32-34-24(17-7-6-8-18(13-17)27(29,30)31)33-21-10-5-4-9-19(21)25(34)36/h4-15H,3H2,1-2H3/t15-/m1/s1. The second-order valence-electron chi connectivity index (χ2n) is 8.51. The van der Waals surface area contributed by atoms with E-state index in [1.54, 1.807) is 19.1 Å². The minimum atomic E-state index is -4.65. The topological polar surface area (TPSA) is 126 Å². The average Bonchev–Trinajstić information content (AvgIpc) is 2.93. The van der Waals surface area contributed by atoms with Crippen molar-refractivity contribution in [2.45, 2.75) is 26.1 Å². The number of carbonyl (C=O) groups excluding carboxylic acids is 1. The number of ether oxygens (including phenoxy) is 2. The monoisotopic (exact) mass is 588 g/mol. The van der Waals surface area contributed by atoms with Gasteiger partial charge in [-0.05, 0) is 44.2 Å². The van der Waals surface area contributed by atoms with Gasteiger partial charge in [0.05, 0.1) is 39.2 Å². The van der Waals surface area contributed by atoms with E-state index in [2.05, 4.69) is 10.1 Å². The Bertz CT molecular complexity index is 1740. The summed E-state index contributed by atoms with van der Waals surface area (Å²) in [5.41, 5.74) is -2.01. The first kappa shape index (κ1) is 29.2. The van der Waals surface area contributed by atoms with Crippen LogP contribution in [0.2, 0.25) is 5.02 Å². The highest BCUT2D eigenvalue weighted by Gasteiger charge is 2.31. The van der Waals surface area contributed by atoms with Gasteiger partial charge in [-0.3, -0.25) is 14.9 Å². The van der Waals surface area contributed by atoms with Crippen molar-refractivity contribution < 1.29 is 32.4 Å². The van der Waals surface area contributed by atoms with Gasteiger partial charge in [0.15, 0.2) is 11.9 Å². The maximum Gasteiger partial charge on any atom is 0.416 e. The van der Waals surface area contributed by atoms with Gasteiger partial charge in [0.25, 0.3) is 5.56 Å². The lowest BCUT2D eigenvalue weighted by Crippen LogP contribution is -2.26. The quantitative estimate of drug-likeness (QED) is 0.109. The lowest BCUT2D eigenvalue weighted by atomic mass is 10.1. The number of fused-ring (bicyclic) bond motifs is 1. The highest BCUT2D eigenvalue weighted by molar-refractivity contribution is 6.32. The summed E-state index contributed by atoms with van der Waals surface area (Å²) in [5, 5.41) is 15.8. The van der Waals surface area contributed by atoms with Crippen molar-refractivity contribution in [3.05, 3.63) is 97.3 Å². The highest BCUT2D eigenvalue weighted by Crippen LogP contribution is 2.37. The zero-order valence-electron chi connectivity index (χ0n) is 21.4. The van der Waals surface area contributed by atoms with Crippen LogP contribution >= 0.6 is 11.6 Å². The van der Waals surface area contributed by atoms with E-state index in [-0.39, 0.29) is 45.2 Å². The van der Waals surface area contributed by atoms with Crippen LogP contribution in [0.15, 0.2) is 70.6 Å². The summed E-state index contributed by atoms with van der Waals surface area (Å²) in [6.45, 7) is 2.99. The Hall–Kier alpha value is -4.78. The van der Waals surface area contributed by atoms with Crippen LogP contribution in [0.5, 0.6) is 5.75 Å². The van der Waals surface area contributed by atoms with E-state index in [9.17, 15) is 32.9 Å². The van der Waals surface area contributed by atoms with Crippen LogP contribution < -0.4 is 10.3 Å². The van der Waals surface area contributed by atoms with Crippen LogP contribution in [-0.2, 0) is 15.7 Å². The molecule has 0 amide bonds. The highest BCUT2D eigenvalue weighted by atomic mass is 35.5. The molecule has 0 spiro atoms. The molecule has 212 valence electrons. The Balaban J connectivity index is 1.83. The van der Waals surface area contributed by atoms with Crippen molar-refractivity contribution in [1.82, 2.24) is 9.66 Å². The number of nitro groups is 1. The van der Waals surface area contributed by atoms with E-state index in [0.717, 1.165) is 29.1 Å². The largest absolute Gasteiger partial charge is 0.471 e. The molecular weight excluding hydrogens is 569 g/mol. The van der Waals surface area contributed by atoms with Gasteiger partial charge in [-0.15, -0.1) is 0 Å². The second kappa shape index (κ2) is 11.8. The summed E-state index contributed by atoms with van der Waals surface area (Å²) in [7, 11) is 0. The van der Waals surface area contributed by atoms with Gasteiger partial charge in [-0.1, -0.05) is 35.9 Å². The fraction of sp³-hybridized carbons (Fsp3) is 0.185. The Kier molecular flexibility index (Phi) is 8.38. The molecule has 0 fully saturated rings. The van der Waals surface area contributed by atoms with Crippen LogP contribution in [0.3, 0.4) is 0 Å². The molecule has 0 saturated carbocycles. The zero-order chi connectivity index (χ0) is 29.9.